The normalized spacial score (nSPS) is 20.8. The van der Waals surface area contributed by atoms with Crippen LogP contribution in [0, 0.1) is 5.92 Å². The Morgan fingerprint density at radius 2 is 2.32 bits per heavy atom. The molecule has 0 spiro atoms. The molecule has 0 aliphatic carbocycles. The summed E-state index contributed by atoms with van der Waals surface area (Å²) in [6, 6.07) is 6.14. The van der Waals surface area contributed by atoms with Gasteiger partial charge in [0.15, 0.2) is 5.13 Å². The van der Waals surface area contributed by atoms with Crippen LogP contribution in [0.5, 0.6) is 5.75 Å². The number of ether oxygens (including phenoxy) is 1. The fourth-order valence-electron chi connectivity index (χ4n) is 3.94. The smallest absolute Gasteiger partial charge is 0.231 e. The van der Waals surface area contributed by atoms with Crippen molar-refractivity contribution in [1.29, 1.82) is 0 Å². The number of carbonyl (C=O) groups excluding carboxylic acids is 1. The highest BCUT2D eigenvalue weighted by atomic mass is 32.1. The second kappa shape index (κ2) is 7.03. The van der Waals surface area contributed by atoms with Gasteiger partial charge >= 0.3 is 0 Å². The number of nitrogens with zero attached hydrogens (tertiary/aromatic N) is 3. The van der Waals surface area contributed by atoms with E-state index < -0.39 is 0 Å². The van der Waals surface area contributed by atoms with Crippen LogP contribution in [0.4, 0.5) is 5.13 Å². The van der Waals surface area contributed by atoms with Crippen molar-refractivity contribution in [3.05, 3.63) is 47.1 Å². The summed E-state index contributed by atoms with van der Waals surface area (Å²) in [7, 11) is 1.89. The fourth-order valence-corrected chi connectivity index (χ4v) is 4.67. The van der Waals surface area contributed by atoms with Crippen molar-refractivity contribution < 1.29 is 9.53 Å². The Bertz CT molecular complexity index is 1030. The molecule has 2 aliphatic heterocycles. The van der Waals surface area contributed by atoms with Gasteiger partial charge in [-0.05, 0) is 29.3 Å². The summed E-state index contributed by atoms with van der Waals surface area (Å²) in [5, 5.41) is 13.2. The van der Waals surface area contributed by atoms with E-state index >= 15 is 0 Å². The molecule has 3 aromatic rings. The summed E-state index contributed by atoms with van der Waals surface area (Å²) in [6.45, 7) is 2.18. The van der Waals surface area contributed by atoms with Crippen LogP contribution in [-0.4, -0.2) is 40.4 Å². The van der Waals surface area contributed by atoms with Crippen LogP contribution >= 0.6 is 11.3 Å². The van der Waals surface area contributed by atoms with Crippen LogP contribution in [0.25, 0.3) is 11.3 Å². The van der Waals surface area contributed by atoms with Crippen LogP contribution in [-0.2, 0) is 18.3 Å². The zero-order valence-corrected chi connectivity index (χ0v) is 16.3. The first kappa shape index (κ1) is 17.4. The third-order valence-electron chi connectivity index (χ3n) is 5.42. The number of carbonyl (C=O) groups is 1. The third kappa shape index (κ3) is 3.18. The maximum atomic E-state index is 12.9. The highest BCUT2D eigenvalue weighted by Crippen LogP contribution is 2.33. The van der Waals surface area contributed by atoms with Gasteiger partial charge in [-0.3, -0.25) is 9.48 Å². The van der Waals surface area contributed by atoms with Crippen molar-refractivity contribution in [2.45, 2.75) is 12.3 Å². The topological polar surface area (TPSA) is 81.1 Å². The lowest BCUT2D eigenvalue weighted by atomic mass is 9.90. The molecule has 0 unspecified atom stereocenters. The van der Waals surface area contributed by atoms with E-state index in [2.05, 4.69) is 26.8 Å². The minimum absolute atomic E-state index is 0.00195. The van der Waals surface area contributed by atoms with E-state index in [0.29, 0.717) is 11.7 Å². The number of fused-ring (bicyclic) bond motifs is 1. The Morgan fingerprint density at radius 3 is 3.18 bits per heavy atom. The molecule has 0 radical (unpaired) electrons. The van der Waals surface area contributed by atoms with Crippen molar-refractivity contribution in [3.8, 4) is 17.0 Å². The van der Waals surface area contributed by atoms with Gasteiger partial charge in [0, 0.05) is 49.6 Å². The molecule has 1 saturated heterocycles. The standard InChI is InChI=1S/C20H21N5O2S/c1-25-10-14(7-22-25)15-8-21-9-16(15)19(26)24-20-23-17(11-28-20)12-2-3-18-13(6-12)4-5-27-18/h2-3,6-7,10-11,15-16,21H,4-5,8-9H2,1H3,(H,23,24,26)/t15-,16+/m1/s1. The number of rotatable bonds is 4. The Labute approximate surface area is 166 Å². The molecule has 1 aromatic carbocycles. The van der Waals surface area contributed by atoms with Crippen molar-refractivity contribution >= 4 is 22.4 Å². The minimum Gasteiger partial charge on any atom is -0.493 e. The number of benzene rings is 1. The number of hydrogen-bond acceptors (Lipinski definition) is 6. The predicted octanol–water partition coefficient (Wildman–Crippen LogP) is 2.42. The molecule has 1 fully saturated rings. The summed E-state index contributed by atoms with van der Waals surface area (Å²) < 4.78 is 7.34. The molecule has 1 amide bonds. The zero-order chi connectivity index (χ0) is 19.1. The lowest BCUT2D eigenvalue weighted by Gasteiger charge is -2.15. The molecule has 8 heteroatoms. The number of hydrogen-bond donors (Lipinski definition) is 2. The third-order valence-corrected chi connectivity index (χ3v) is 6.18. The summed E-state index contributed by atoms with van der Waals surface area (Å²) in [4.78, 5) is 17.5. The zero-order valence-electron chi connectivity index (χ0n) is 15.5. The molecule has 2 aliphatic rings. The number of nitrogens with one attached hydrogen (secondary N) is 2. The van der Waals surface area contributed by atoms with E-state index in [4.69, 9.17) is 4.74 Å². The Balaban J connectivity index is 1.31. The monoisotopic (exact) mass is 395 g/mol. The molecule has 28 heavy (non-hydrogen) atoms. The number of anilines is 1. The quantitative estimate of drug-likeness (QED) is 0.709. The average Bonchev–Trinajstić information content (AvgIpc) is 3.47. The first-order chi connectivity index (χ1) is 13.7. The molecule has 5 rings (SSSR count). The molecule has 7 nitrogen and oxygen atoms in total. The molecule has 2 atom stereocenters. The van der Waals surface area contributed by atoms with Crippen LogP contribution < -0.4 is 15.4 Å². The van der Waals surface area contributed by atoms with Crippen LogP contribution in [0.3, 0.4) is 0 Å². The summed E-state index contributed by atoms with van der Waals surface area (Å²) in [5.74, 6) is 0.961. The van der Waals surface area contributed by atoms with Crippen molar-refractivity contribution in [2.24, 2.45) is 13.0 Å². The fraction of sp³-hybridized carbons (Fsp3) is 0.350. The maximum Gasteiger partial charge on any atom is 0.231 e. The van der Waals surface area contributed by atoms with Crippen LogP contribution in [0.1, 0.15) is 17.0 Å². The van der Waals surface area contributed by atoms with Gasteiger partial charge in [0.25, 0.3) is 0 Å². The molecule has 4 heterocycles. The Kier molecular flexibility index (Phi) is 4.37. The summed E-state index contributed by atoms with van der Waals surface area (Å²) in [5.41, 5.74) is 4.24. The van der Waals surface area contributed by atoms with Crippen molar-refractivity contribution in [2.75, 3.05) is 25.0 Å². The van der Waals surface area contributed by atoms with Crippen molar-refractivity contribution in [1.82, 2.24) is 20.1 Å². The van der Waals surface area contributed by atoms with Gasteiger partial charge in [-0.25, -0.2) is 4.98 Å². The molecule has 0 bridgehead atoms. The largest absolute Gasteiger partial charge is 0.493 e. The van der Waals surface area contributed by atoms with E-state index in [1.807, 2.05) is 37.0 Å². The van der Waals surface area contributed by atoms with E-state index in [1.165, 1.54) is 16.9 Å². The highest BCUT2D eigenvalue weighted by Gasteiger charge is 2.35. The van der Waals surface area contributed by atoms with Gasteiger partial charge in [0.2, 0.25) is 5.91 Å². The highest BCUT2D eigenvalue weighted by molar-refractivity contribution is 7.14. The number of aryl methyl sites for hydroxylation is 1. The van der Waals surface area contributed by atoms with Crippen LogP contribution in [0.2, 0.25) is 0 Å². The lowest BCUT2D eigenvalue weighted by Crippen LogP contribution is -2.28. The number of amides is 1. The van der Waals surface area contributed by atoms with Gasteiger partial charge in [0.05, 0.1) is 24.4 Å². The van der Waals surface area contributed by atoms with E-state index in [9.17, 15) is 4.79 Å². The molecular formula is C20H21N5O2S. The molecule has 2 aromatic heterocycles. The van der Waals surface area contributed by atoms with Gasteiger partial charge in [-0.1, -0.05) is 0 Å². The Hall–Kier alpha value is -2.71. The predicted molar refractivity (Wildman–Crippen MR) is 108 cm³/mol. The maximum absolute atomic E-state index is 12.9. The van der Waals surface area contributed by atoms with Crippen LogP contribution in [0.15, 0.2) is 36.0 Å². The Morgan fingerprint density at radius 1 is 1.39 bits per heavy atom. The SMILES string of the molecule is Cn1cc([C@H]2CNC[C@@H]2C(=O)Nc2nc(-c3ccc4c(c3)CCO4)cs2)cn1. The molecule has 2 N–H and O–H groups in total. The van der Waals surface area contributed by atoms with E-state index in [1.54, 1.807) is 4.68 Å². The number of aromatic nitrogens is 3. The second-order valence-corrected chi connectivity index (χ2v) is 8.12. The van der Waals surface area contributed by atoms with E-state index in [-0.39, 0.29) is 17.7 Å². The summed E-state index contributed by atoms with van der Waals surface area (Å²) >= 11 is 1.45. The summed E-state index contributed by atoms with van der Waals surface area (Å²) in [6.07, 6.45) is 4.76. The van der Waals surface area contributed by atoms with Gasteiger partial charge in [0.1, 0.15) is 5.75 Å². The first-order valence-corrected chi connectivity index (χ1v) is 10.3. The molecular weight excluding hydrogens is 374 g/mol. The van der Waals surface area contributed by atoms with Gasteiger partial charge in [-0.15, -0.1) is 11.3 Å². The minimum atomic E-state index is -0.131. The average molecular weight is 395 g/mol. The van der Waals surface area contributed by atoms with Gasteiger partial charge < -0.3 is 15.4 Å². The first-order valence-electron chi connectivity index (χ1n) is 9.39. The van der Waals surface area contributed by atoms with Crippen molar-refractivity contribution in [3.63, 3.8) is 0 Å². The second-order valence-electron chi connectivity index (χ2n) is 7.27. The number of thiazole rings is 1. The lowest BCUT2D eigenvalue weighted by molar-refractivity contribution is -0.119. The van der Waals surface area contributed by atoms with Gasteiger partial charge in [-0.2, -0.15) is 5.10 Å². The molecule has 144 valence electrons. The molecule has 0 saturated carbocycles. The van der Waals surface area contributed by atoms with E-state index in [0.717, 1.165) is 42.1 Å².